The minimum absolute atomic E-state index is 0.172. The standard InChI is InChI=1S/C21H26F3N3O2/c22-16-2-3-17-15(12-16)13-18(25-17)19(28)27-8-1-4-20(29,5-11-27)14-26-9-6-21(23,24)7-10-26/h2-3,12-13,25,29H,1,4-11,14H2/t20-/m0/s1. The summed E-state index contributed by atoms with van der Waals surface area (Å²) in [7, 11) is 0. The van der Waals surface area contributed by atoms with Crippen LogP contribution < -0.4 is 0 Å². The lowest BCUT2D eigenvalue weighted by Gasteiger charge is -2.37. The van der Waals surface area contributed by atoms with E-state index in [-0.39, 0.29) is 37.7 Å². The van der Waals surface area contributed by atoms with Crippen molar-refractivity contribution in [2.45, 2.75) is 43.6 Å². The van der Waals surface area contributed by atoms with E-state index < -0.39 is 11.5 Å². The number of carbonyl (C=O) groups excluding carboxylic acids is 1. The number of nitrogens with zero attached hydrogens (tertiary/aromatic N) is 2. The van der Waals surface area contributed by atoms with Crippen LogP contribution in [0.4, 0.5) is 13.2 Å². The summed E-state index contributed by atoms with van der Waals surface area (Å²) < 4.78 is 40.1. The first-order valence-corrected chi connectivity index (χ1v) is 10.1. The molecule has 2 N–H and O–H groups in total. The quantitative estimate of drug-likeness (QED) is 0.817. The molecule has 5 nitrogen and oxygen atoms in total. The molecule has 1 amide bonds. The Hall–Kier alpha value is -2.06. The SMILES string of the molecule is O=C(c1cc2cc(F)ccc2[nH]1)N1CCC[C@@](O)(CN2CCC(F)(F)CC2)CC1. The van der Waals surface area contributed by atoms with E-state index in [1.54, 1.807) is 17.0 Å². The van der Waals surface area contributed by atoms with Gasteiger partial charge in [-0.15, -0.1) is 0 Å². The van der Waals surface area contributed by atoms with Crippen LogP contribution >= 0.6 is 0 Å². The fourth-order valence-corrected chi connectivity index (χ4v) is 4.38. The van der Waals surface area contributed by atoms with Gasteiger partial charge in [-0.1, -0.05) is 0 Å². The molecule has 2 saturated heterocycles. The number of nitrogens with one attached hydrogen (secondary N) is 1. The number of fused-ring (bicyclic) bond motifs is 1. The van der Waals surface area contributed by atoms with Crippen LogP contribution in [0.3, 0.4) is 0 Å². The van der Waals surface area contributed by atoms with Crippen LogP contribution in [-0.4, -0.2) is 70.0 Å². The maximum atomic E-state index is 13.4. The lowest BCUT2D eigenvalue weighted by molar-refractivity contribution is -0.0768. The van der Waals surface area contributed by atoms with Crippen molar-refractivity contribution in [2.24, 2.45) is 0 Å². The van der Waals surface area contributed by atoms with Crippen LogP contribution in [0.1, 0.15) is 42.6 Å². The average molecular weight is 409 g/mol. The fraction of sp³-hybridized carbons (Fsp3) is 0.571. The molecular formula is C21H26F3N3O2. The number of aromatic nitrogens is 1. The van der Waals surface area contributed by atoms with Crippen molar-refractivity contribution in [3.63, 3.8) is 0 Å². The number of amides is 1. The number of carbonyl (C=O) groups is 1. The number of likely N-dealkylation sites (tertiary alicyclic amines) is 2. The van der Waals surface area contributed by atoms with Gasteiger partial charge in [0.05, 0.1) is 5.60 Å². The molecule has 8 heteroatoms. The lowest BCUT2D eigenvalue weighted by Crippen LogP contribution is -2.48. The van der Waals surface area contributed by atoms with Crippen LogP contribution in [0, 0.1) is 5.82 Å². The smallest absolute Gasteiger partial charge is 0.270 e. The molecule has 0 saturated carbocycles. The highest BCUT2D eigenvalue weighted by Gasteiger charge is 2.38. The van der Waals surface area contributed by atoms with Crippen molar-refractivity contribution < 1.29 is 23.1 Å². The highest BCUT2D eigenvalue weighted by atomic mass is 19.3. The third-order valence-corrected chi connectivity index (χ3v) is 6.12. The first-order valence-electron chi connectivity index (χ1n) is 10.1. The monoisotopic (exact) mass is 409 g/mol. The highest BCUT2D eigenvalue weighted by molar-refractivity contribution is 5.98. The molecule has 0 bridgehead atoms. The first kappa shape index (κ1) is 20.2. The molecule has 2 aliphatic rings. The molecule has 0 aliphatic carbocycles. The maximum Gasteiger partial charge on any atom is 0.270 e. The Kier molecular flexibility index (Phi) is 5.33. The van der Waals surface area contributed by atoms with Crippen LogP contribution in [-0.2, 0) is 0 Å². The second-order valence-electron chi connectivity index (χ2n) is 8.42. The summed E-state index contributed by atoms with van der Waals surface area (Å²) in [6, 6.07) is 5.97. The molecule has 1 atom stereocenters. The molecule has 1 aromatic heterocycles. The number of rotatable bonds is 3. The van der Waals surface area contributed by atoms with E-state index in [4.69, 9.17) is 0 Å². The Bertz CT molecular complexity index is 890. The van der Waals surface area contributed by atoms with E-state index in [0.717, 1.165) is 0 Å². The Morgan fingerprint density at radius 3 is 2.59 bits per heavy atom. The second-order valence-corrected chi connectivity index (χ2v) is 8.42. The number of halogens is 3. The number of benzene rings is 1. The summed E-state index contributed by atoms with van der Waals surface area (Å²) in [5, 5.41) is 11.7. The third-order valence-electron chi connectivity index (χ3n) is 6.12. The molecular weight excluding hydrogens is 383 g/mol. The molecule has 3 heterocycles. The number of β-amino-alcohol motifs (C(OH)–C–C–N with tert-alkyl or cyclic N) is 1. The predicted octanol–water partition coefficient (Wildman–Crippen LogP) is 3.40. The largest absolute Gasteiger partial charge is 0.388 e. The van der Waals surface area contributed by atoms with Crippen molar-refractivity contribution in [2.75, 3.05) is 32.7 Å². The van der Waals surface area contributed by atoms with E-state index >= 15 is 0 Å². The summed E-state index contributed by atoms with van der Waals surface area (Å²) in [5.74, 6) is -3.14. The number of aromatic amines is 1. The summed E-state index contributed by atoms with van der Waals surface area (Å²) in [4.78, 5) is 19.5. The Morgan fingerprint density at radius 1 is 1.07 bits per heavy atom. The summed E-state index contributed by atoms with van der Waals surface area (Å²) in [5.41, 5.74) is 0.114. The first-order chi connectivity index (χ1) is 13.7. The number of hydrogen-bond donors (Lipinski definition) is 2. The van der Waals surface area contributed by atoms with Gasteiger partial charge in [-0.25, -0.2) is 13.2 Å². The van der Waals surface area contributed by atoms with Gasteiger partial charge in [-0.05, 0) is 43.5 Å². The molecule has 2 fully saturated rings. The molecule has 0 radical (unpaired) electrons. The molecule has 0 unspecified atom stereocenters. The van der Waals surface area contributed by atoms with Gasteiger partial charge in [0.1, 0.15) is 11.5 Å². The zero-order chi connectivity index (χ0) is 20.6. The number of piperidine rings is 1. The van der Waals surface area contributed by atoms with Gasteiger partial charge in [0, 0.05) is 56.5 Å². The molecule has 2 aromatic rings. The van der Waals surface area contributed by atoms with E-state index in [1.165, 1.54) is 12.1 Å². The molecule has 0 spiro atoms. The van der Waals surface area contributed by atoms with Crippen LogP contribution in [0.25, 0.3) is 10.9 Å². The third kappa shape index (κ3) is 4.59. The van der Waals surface area contributed by atoms with Crippen molar-refractivity contribution in [1.82, 2.24) is 14.8 Å². The number of alkyl halides is 2. The van der Waals surface area contributed by atoms with Crippen LogP contribution in [0.15, 0.2) is 24.3 Å². The van der Waals surface area contributed by atoms with Gasteiger partial charge in [0.15, 0.2) is 0 Å². The van der Waals surface area contributed by atoms with E-state index in [0.29, 0.717) is 55.5 Å². The van der Waals surface area contributed by atoms with Gasteiger partial charge in [0.25, 0.3) is 11.8 Å². The molecule has 4 rings (SSSR count). The molecule has 1 aromatic carbocycles. The number of hydrogen-bond acceptors (Lipinski definition) is 3. The van der Waals surface area contributed by atoms with Crippen molar-refractivity contribution in [1.29, 1.82) is 0 Å². The van der Waals surface area contributed by atoms with Crippen molar-refractivity contribution in [3.8, 4) is 0 Å². The molecule has 2 aliphatic heterocycles. The van der Waals surface area contributed by atoms with Gasteiger partial charge < -0.3 is 19.9 Å². The van der Waals surface area contributed by atoms with Gasteiger partial charge in [-0.3, -0.25) is 4.79 Å². The second kappa shape index (κ2) is 7.65. The summed E-state index contributed by atoms with van der Waals surface area (Å²) in [6.07, 6.45) is 1.23. The Balaban J connectivity index is 1.39. The predicted molar refractivity (Wildman–Crippen MR) is 104 cm³/mol. The zero-order valence-electron chi connectivity index (χ0n) is 16.3. The maximum absolute atomic E-state index is 13.4. The highest BCUT2D eigenvalue weighted by Crippen LogP contribution is 2.31. The average Bonchev–Trinajstić information content (AvgIpc) is 2.99. The minimum atomic E-state index is -2.60. The van der Waals surface area contributed by atoms with E-state index in [1.807, 2.05) is 4.90 Å². The lowest BCUT2D eigenvalue weighted by atomic mass is 9.93. The van der Waals surface area contributed by atoms with E-state index in [2.05, 4.69) is 4.98 Å². The van der Waals surface area contributed by atoms with Gasteiger partial charge in [-0.2, -0.15) is 0 Å². The summed E-state index contributed by atoms with van der Waals surface area (Å²) >= 11 is 0. The number of H-pyrrole nitrogens is 1. The Morgan fingerprint density at radius 2 is 1.83 bits per heavy atom. The Labute approximate surface area is 167 Å². The van der Waals surface area contributed by atoms with Crippen LogP contribution in [0.2, 0.25) is 0 Å². The minimum Gasteiger partial charge on any atom is -0.388 e. The van der Waals surface area contributed by atoms with E-state index in [9.17, 15) is 23.1 Å². The molecule has 158 valence electrons. The van der Waals surface area contributed by atoms with Crippen LogP contribution in [0.5, 0.6) is 0 Å². The summed E-state index contributed by atoms with van der Waals surface area (Å²) in [6.45, 7) is 1.83. The van der Waals surface area contributed by atoms with Gasteiger partial charge >= 0.3 is 0 Å². The molecule has 29 heavy (non-hydrogen) atoms. The zero-order valence-corrected chi connectivity index (χ0v) is 16.3. The van der Waals surface area contributed by atoms with Gasteiger partial charge in [0.2, 0.25) is 0 Å². The topological polar surface area (TPSA) is 59.6 Å². The fourth-order valence-electron chi connectivity index (χ4n) is 4.38. The normalized spacial score (nSPS) is 25.9. The number of aliphatic hydroxyl groups is 1. The van der Waals surface area contributed by atoms with Crippen molar-refractivity contribution >= 4 is 16.8 Å². The van der Waals surface area contributed by atoms with Crippen molar-refractivity contribution in [3.05, 3.63) is 35.8 Å².